The van der Waals surface area contributed by atoms with Gasteiger partial charge in [-0.3, -0.25) is 19.7 Å². The number of aliphatic carboxylic acids is 1. The summed E-state index contributed by atoms with van der Waals surface area (Å²) in [7, 11) is 0. The van der Waals surface area contributed by atoms with E-state index in [-0.39, 0.29) is 24.3 Å². The van der Waals surface area contributed by atoms with Crippen LogP contribution in [0.4, 0.5) is 0 Å². The second kappa shape index (κ2) is 12.2. The molecule has 3 rings (SSSR count). The summed E-state index contributed by atoms with van der Waals surface area (Å²) in [6.07, 6.45) is 1.13. The number of nitrogens with one attached hydrogen (secondary N) is 1. The number of hydrogen-bond acceptors (Lipinski definition) is 7. The van der Waals surface area contributed by atoms with Crippen molar-refractivity contribution < 1.29 is 24.2 Å². The summed E-state index contributed by atoms with van der Waals surface area (Å²) in [5, 5.41) is 12.6. The van der Waals surface area contributed by atoms with Crippen LogP contribution < -0.4 is 5.32 Å². The van der Waals surface area contributed by atoms with Gasteiger partial charge in [-0.2, -0.15) is 0 Å². The highest BCUT2D eigenvalue weighted by atomic mass is 32.2. The van der Waals surface area contributed by atoms with Gasteiger partial charge in [0.05, 0.1) is 17.9 Å². The Kier molecular flexibility index (Phi) is 9.34. The summed E-state index contributed by atoms with van der Waals surface area (Å²) in [5.74, 6) is -1.31. The largest absolute Gasteiger partial charge is 0.480 e. The van der Waals surface area contributed by atoms with Gasteiger partial charge < -0.3 is 14.7 Å². The first kappa shape index (κ1) is 25.3. The fourth-order valence-electron chi connectivity index (χ4n) is 3.78. The summed E-state index contributed by atoms with van der Waals surface area (Å²) in [6.45, 7) is 3.98. The maximum Gasteiger partial charge on any atom is 0.323 e. The molecule has 1 fully saturated rings. The summed E-state index contributed by atoms with van der Waals surface area (Å²) in [6, 6.07) is 12.6. The highest BCUT2D eigenvalue weighted by molar-refractivity contribution is 7.99. The van der Waals surface area contributed by atoms with Gasteiger partial charge in [0.2, 0.25) is 5.91 Å². The van der Waals surface area contributed by atoms with E-state index in [0.717, 1.165) is 10.4 Å². The van der Waals surface area contributed by atoms with Crippen molar-refractivity contribution in [1.29, 1.82) is 0 Å². The molecule has 0 bridgehead atoms. The first-order chi connectivity index (χ1) is 15.9. The molecule has 3 atom stereocenters. The standard InChI is InChI=1S/C24H30N2O5S2/c1-3-31-24(30)18(11-10-17-7-5-4-6-8-17)25-19-15-32-21(20-12-9-16(2)33-20)13-26(23(19)29)14-22(27)28/h4-9,12,18-19,21,25H,3,10-11,13-15H2,1-2H3,(H,27,28). The molecule has 0 radical (unpaired) electrons. The van der Waals surface area contributed by atoms with Crippen LogP contribution in [-0.2, 0) is 25.5 Å². The minimum absolute atomic E-state index is 0.0100. The van der Waals surface area contributed by atoms with E-state index in [1.165, 1.54) is 9.78 Å². The van der Waals surface area contributed by atoms with E-state index >= 15 is 0 Å². The molecule has 0 aliphatic carbocycles. The maximum absolute atomic E-state index is 13.3. The normalized spacial score (nSPS) is 19.7. The van der Waals surface area contributed by atoms with Crippen LogP contribution in [0.25, 0.3) is 0 Å². The number of carboxylic acids is 1. The Balaban J connectivity index is 1.76. The van der Waals surface area contributed by atoms with Gasteiger partial charge in [-0.05, 0) is 44.4 Å². The van der Waals surface area contributed by atoms with Gasteiger partial charge in [0, 0.05) is 22.1 Å². The highest BCUT2D eigenvalue weighted by Gasteiger charge is 2.36. The summed E-state index contributed by atoms with van der Waals surface area (Å²) >= 11 is 3.27. The number of ether oxygens (including phenoxy) is 1. The van der Waals surface area contributed by atoms with Crippen molar-refractivity contribution in [3.63, 3.8) is 0 Å². The summed E-state index contributed by atoms with van der Waals surface area (Å²) < 4.78 is 5.26. The number of aryl methyl sites for hydroxylation is 2. The molecule has 1 aromatic carbocycles. The average Bonchev–Trinajstić information content (AvgIpc) is 3.16. The Morgan fingerprint density at radius 1 is 1.24 bits per heavy atom. The van der Waals surface area contributed by atoms with Gasteiger partial charge in [-0.15, -0.1) is 23.1 Å². The second-order valence-corrected chi connectivity index (χ2v) is 10.5. The third-order valence-electron chi connectivity index (χ3n) is 5.40. The van der Waals surface area contributed by atoms with Crippen molar-refractivity contribution in [1.82, 2.24) is 10.2 Å². The molecular weight excluding hydrogens is 460 g/mol. The molecule has 1 saturated heterocycles. The topological polar surface area (TPSA) is 95.9 Å². The molecular formula is C24H30N2O5S2. The SMILES string of the molecule is CCOC(=O)C(CCc1ccccc1)NC1CSC(c2ccc(C)s2)CN(CC(=O)O)C1=O. The molecule has 2 aromatic rings. The van der Waals surface area contributed by atoms with E-state index < -0.39 is 24.0 Å². The van der Waals surface area contributed by atoms with Crippen molar-refractivity contribution in [3.8, 4) is 0 Å². The fraction of sp³-hybridized carbons (Fsp3) is 0.458. The van der Waals surface area contributed by atoms with E-state index in [2.05, 4.69) is 5.32 Å². The minimum Gasteiger partial charge on any atom is -0.480 e. The van der Waals surface area contributed by atoms with Crippen molar-refractivity contribution in [3.05, 3.63) is 57.8 Å². The number of hydrogen-bond donors (Lipinski definition) is 2. The Bertz CT molecular complexity index is 949. The Labute approximate surface area is 202 Å². The number of nitrogens with zero attached hydrogens (tertiary/aromatic N) is 1. The number of carboxylic acid groups (broad SMARTS) is 1. The molecule has 2 heterocycles. The van der Waals surface area contributed by atoms with Crippen molar-refractivity contribution >= 4 is 40.9 Å². The van der Waals surface area contributed by atoms with Crippen molar-refractivity contribution in [2.45, 2.75) is 44.0 Å². The molecule has 1 aliphatic rings. The number of amides is 1. The van der Waals surface area contributed by atoms with Gasteiger partial charge in [-0.1, -0.05) is 30.3 Å². The molecule has 2 N–H and O–H groups in total. The third kappa shape index (κ3) is 7.31. The number of thioether (sulfide) groups is 1. The van der Waals surface area contributed by atoms with Crippen LogP contribution in [-0.4, -0.2) is 65.4 Å². The monoisotopic (exact) mass is 490 g/mol. The minimum atomic E-state index is -1.05. The lowest BCUT2D eigenvalue weighted by Gasteiger charge is -2.26. The average molecular weight is 491 g/mol. The van der Waals surface area contributed by atoms with Gasteiger partial charge in [-0.25, -0.2) is 0 Å². The fourth-order valence-corrected chi connectivity index (χ4v) is 6.17. The van der Waals surface area contributed by atoms with Crippen LogP contribution in [0.1, 0.15) is 33.9 Å². The molecule has 7 nitrogen and oxygen atoms in total. The zero-order valence-corrected chi connectivity index (χ0v) is 20.5. The van der Waals surface area contributed by atoms with Crippen LogP contribution >= 0.6 is 23.1 Å². The molecule has 3 unspecified atom stereocenters. The van der Waals surface area contributed by atoms with Crippen molar-refractivity contribution in [2.75, 3.05) is 25.4 Å². The maximum atomic E-state index is 13.3. The zero-order valence-electron chi connectivity index (χ0n) is 18.9. The molecule has 1 aromatic heterocycles. The summed E-state index contributed by atoms with van der Waals surface area (Å²) in [4.78, 5) is 41.1. The number of carbonyl (C=O) groups is 3. The predicted octanol–water partition coefficient (Wildman–Crippen LogP) is 3.28. The van der Waals surface area contributed by atoms with Crippen LogP contribution in [0.5, 0.6) is 0 Å². The van der Waals surface area contributed by atoms with Crippen LogP contribution in [0, 0.1) is 6.92 Å². The number of benzene rings is 1. The molecule has 178 valence electrons. The molecule has 1 amide bonds. The molecule has 1 aliphatic heterocycles. The van der Waals surface area contributed by atoms with E-state index in [1.54, 1.807) is 30.0 Å². The van der Waals surface area contributed by atoms with Crippen LogP contribution in [0.2, 0.25) is 0 Å². The number of carbonyl (C=O) groups excluding carboxylic acids is 2. The zero-order chi connectivity index (χ0) is 23.8. The Hall–Kier alpha value is -2.36. The van der Waals surface area contributed by atoms with Crippen LogP contribution in [0.15, 0.2) is 42.5 Å². The number of thiophene rings is 1. The quantitative estimate of drug-likeness (QED) is 0.494. The predicted molar refractivity (Wildman–Crippen MR) is 131 cm³/mol. The smallest absolute Gasteiger partial charge is 0.323 e. The van der Waals surface area contributed by atoms with Gasteiger partial charge in [0.15, 0.2) is 0 Å². The summed E-state index contributed by atoms with van der Waals surface area (Å²) in [5.41, 5.74) is 1.09. The van der Waals surface area contributed by atoms with E-state index in [1.807, 2.05) is 49.4 Å². The Morgan fingerprint density at radius 2 is 2.00 bits per heavy atom. The molecule has 33 heavy (non-hydrogen) atoms. The molecule has 0 spiro atoms. The lowest BCUT2D eigenvalue weighted by molar-refractivity contribution is -0.148. The highest BCUT2D eigenvalue weighted by Crippen LogP contribution is 2.37. The van der Waals surface area contributed by atoms with Crippen LogP contribution in [0.3, 0.4) is 0 Å². The van der Waals surface area contributed by atoms with E-state index in [0.29, 0.717) is 25.1 Å². The second-order valence-electron chi connectivity index (χ2n) is 7.93. The van der Waals surface area contributed by atoms with Gasteiger partial charge in [0.25, 0.3) is 0 Å². The van der Waals surface area contributed by atoms with E-state index in [4.69, 9.17) is 4.74 Å². The third-order valence-corrected chi connectivity index (χ3v) is 8.00. The lowest BCUT2D eigenvalue weighted by Crippen LogP contribution is -2.53. The first-order valence-electron chi connectivity index (χ1n) is 11.0. The van der Waals surface area contributed by atoms with Gasteiger partial charge in [0.1, 0.15) is 12.6 Å². The Morgan fingerprint density at radius 3 is 2.64 bits per heavy atom. The molecule has 0 saturated carbocycles. The molecule has 9 heteroatoms. The lowest BCUT2D eigenvalue weighted by atomic mass is 10.0. The first-order valence-corrected chi connectivity index (χ1v) is 12.9. The van der Waals surface area contributed by atoms with Gasteiger partial charge >= 0.3 is 11.9 Å². The van der Waals surface area contributed by atoms with Crippen molar-refractivity contribution in [2.24, 2.45) is 0 Å². The number of esters is 1. The number of rotatable bonds is 10. The van der Waals surface area contributed by atoms with E-state index in [9.17, 15) is 19.5 Å².